The molecule has 2 aromatic rings. The third-order valence-electron chi connectivity index (χ3n) is 5.89. The van der Waals surface area contributed by atoms with Gasteiger partial charge in [-0.05, 0) is 60.6 Å². The zero-order valence-electron chi connectivity index (χ0n) is 16.2. The highest BCUT2D eigenvalue weighted by Gasteiger charge is 2.47. The van der Waals surface area contributed by atoms with Crippen molar-refractivity contribution in [1.82, 2.24) is 9.62 Å². The molecule has 1 heterocycles. The summed E-state index contributed by atoms with van der Waals surface area (Å²) in [4.78, 5) is 15.2. The van der Waals surface area contributed by atoms with E-state index in [2.05, 4.69) is 71.3 Å². The van der Waals surface area contributed by atoms with Crippen molar-refractivity contribution in [2.45, 2.75) is 38.1 Å². The number of rotatable bonds is 5. The first-order valence-electron chi connectivity index (χ1n) is 9.91. The standard InChI is InChI=1S/C23H28N2OS/c1-16-8-6-12-19(22(16)17-9-4-3-5-10-17)20-14-21(20)23(26)25-13-7-11-18(15-25)24-27-2/h3-6,8-10,12,18,20-21,24H,7,11,13-15H2,1-2H3. The molecule has 2 aromatic carbocycles. The summed E-state index contributed by atoms with van der Waals surface area (Å²) in [6.45, 7) is 3.94. The molecule has 3 atom stereocenters. The number of nitrogens with zero attached hydrogens (tertiary/aromatic N) is 1. The fraction of sp³-hybridized carbons (Fsp3) is 0.435. The van der Waals surface area contributed by atoms with Crippen molar-refractivity contribution in [3.63, 3.8) is 0 Å². The van der Waals surface area contributed by atoms with Crippen LogP contribution in [0.5, 0.6) is 0 Å². The Morgan fingerprint density at radius 3 is 2.74 bits per heavy atom. The van der Waals surface area contributed by atoms with E-state index in [9.17, 15) is 4.79 Å². The van der Waals surface area contributed by atoms with Gasteiger partial charge in [-0.2, -0.15) is 0 Å². The second kappa shape index (κ2) is 8.07. The van der Waals surface area contributed by atoms with E-state index in [4.69, 9.17) is 0 Å². The molecular weight excluding hydrogens is 352 g/mol. The van der Waals surface area contributed by atoms with Gasteiger partial charge in [0.05, 0.1) is 0 Å². The molecule has 1 aliphatic heterocycles. The molecule has 0 radical (unpaired) electrons. The maximum atomic E-state index is 13.1. The third kappa shape index (κ3) is 3.92. The van der Waals surface area contributed by atoms with E-state index in [1.165, 1.54) is 22.3 Å². The highest BCUT2D eigenvalue weighted by atomic mass is 32.2. The molecule has 2 fully saturated rings. The van der Waals surface area contributed by atoms with Gasteiger partial charge in [0.15, 0.2) is 0 Å². The van der Waals surface area contributed by atoms with Gasteiger partial charge in [0.1, 0.15) is 0 Å². The molecule has 27 heavy (non-hydrogen) atoms. The first kappa shape index (κ1) is 18.6. The minimum Gasteiger partial charge on any atom is -0.341 e. The van der Waals surface area contributed by atoms with Crippen LogP contribution in [0.4, 0.5) is 0 Å². The number of hydrogen-bond donors (Lipinski definition) is 1. The lowest BCUT2D eigenvalue weighted by Crippen LogP contribution is -2.46. The number of hydrogen-bond acceptors (Lipinski definition) is 3. The molecule has 1 aliphatic carbocycles. The van der Waals surface area contributed by atoms with Crippen LogP contribution in [0.25, 0.3) is 11.1 Å². The zero-order chi connectivity index (χ0) is 18.8. The summed E-state index contributed by atoms with van der Waals surface area (Å²) in [6.07, 6.45) is 5.30. The number of piperidine rings is 1. The van der Waals surface area contributed by atoms with Gasteiger partial charge >= 0.3 is 0 Å². The Balaban J connectivity index is 1.52. The van der Waals surface area contributed by atoms with Gasteiger partial charge in [-0.1, -0.05) is 60.5 Å². The minimum absolute atomic E-state index is 0.155. The molecule has 3 nitrogen and oxygen atoms in total. The van der Waals surface area contributed by atoms with Crippen molar-refractivity contribution in [2.75, 3.05) is 19.3 Å². The molecule has 0 spiro atoms. The van der Waals surface area contributed by atoms with E-state index in [1.807, 2.05) is 0 Å². The Morgan fingerprint density at radius 2 is 1.96 bits per heavy atom. The van der Waals surface area contributed by atoms with Crippen molar-refractivity contribution in [3.05, 3.63) is 59.7 Å². The summed E-state index contributed by atoms with van der Waals surface area (Å²) in [5, 5.41) is 0. The van der Waals surface area contributed by atoms with Gasteiger partial charge in [-0.25, -0.2) is 0 Å². The normalized spacial score (nSPS) is 24.7. The predicted octanol–water partition coefficient (Wildman–Crippen LogP) is 4.62. The molecule has 4 heteroatoms. The van der Waals surface area contributed by atoms with Gasteiger partial charge in [0, 0.05) is 25.0 Å². The predicted molar refractivity (Wildman–Crippen MR) is 114 cm³/mol. The van der Waals surface area contributed by atoms with Gasteiger partial charge < -0.3 is 4.90 Å². The number of amides is 1. The monoisotopic (exact) mass is 380 g/mol. The van der Waals surface area contributed by atoms with Crippen molar-refractivity contribution in [2.24, 2.45) is 5.92 Å². The average molecular weight is 381 g/mol. The summed E-state index contributed by atoms with van der Waals surface area (Å²) in [5.41, 5.74) is 5.21. The molecule has 142 valence electrons. The van der Waals surface area contributed by atoms with Crippen LogP contribution in [-0.4, -0.2) is 36.2 Å². The smallest absolute Gasteiger partial charge is 0.226 e. The number of aryl methyl sites for hydroxylation is 1. The molecule has 2 aliphatic rings. The Bertz CT molecular complexity index is 805. The van der Waals surface area contributed by atoms with Crippen molar-refractivity contribution < 1.29 is 4.79 Å². The van der Waals surface area contributed by atoms with Gasteiger partial charge in [0.2, 0.25) is 5.91 Å². The highest BCUT2D eigenvalue weighted by Crippen LogP contribution is 2.51. The fourth-order valence-corrected chi connectivity index (χ4v) is 5.01. The molecule has 1 saturated carbocycles. The summed E-state index contributed by atoms with van der Waals surface area (Å²) in [6, 6.07) is 17.5. The largest absolute Gasteiger partial charge is 0.341 e. The minimum atomic E-state index is 0.155. The number of benzene rings is 2. The van der Waals surface area contributed by atoms with Crippen molar-refractivity contribution in [1.29, 1.82) is 0 Å². The molecule has 3 unspecified atom stereocenters. The lowest BCUT2D eigenvalue weighted by atomic mass is 9.92. The lowest BCUT2D eigenvalue weighted by molar-refractivity contribution is -0.133. The van der Waals surface area contributed by atoms with Crippen LogP contribution in [0.15, 0.2) is 48.5 Å². The van der Waals surface area contributed by atoms with Crippen LogP contribution in [-0.2, 0) is 4.79 Å². The SMILES string of the molecule is CSNC1CCCN(C(=O)C2CC2c2cccc(C)c2-c2ccccc2)C1. The number of carbonyl (C=O) groups is 1. The van der Waals surface area contributed by atoms with E-state index in [-0.39, 0.29) is 5.92 Å². The number of nitrogens with one attached hydrogen (secondary N) is 1. The third-order valence-corrected chi connectivity index (χ3v) is 6.46. The van der Waals surface area contributed by atoms with Crippen LogP contribution < -0.4 is 4.72 Å². The second-order valence-corrected chi connectivity index (χ2v) is 8.44. The van der Waals surface area contributed by atoms with Crippen LogP contribution >= 0.6 is 11.9 Å². The molecule has 1 saturated heterocycles. The second-order valence-electron chi connectivity index (χ2n) is 7.80. The van der Waals surface area contributed by atoms with E-state index in [0.29, 0.717) is 17.9 Å². The van der Waals surface area contributed by atoms with E-state index in [1.54, 1.807) is 11.9 Å². The van der Waals surface area contributed by atoms with Crippen LogP contribution in [0.2, 0.25) is 0 Å². The number of likely N-dealkylation sites (tertiary alicyclic amines) is 1. The highest BCUT2D eigenvalue weighted by molar-refractivity contribution is 7.96. The van der Waals surface area contributed by atoms with Gasteiger partial charge in [-0.3, -0.25) is 9.52 Å². The van der Waals surface area contributed by atoms with Crippen LogP contribution in [0.3, 0.4) is 0 Å². The summed E-state index contributed by atoms with van der Waals surface area (Å²) >= 11 is 1.66. The zero-order valence-corrected chi connectivity index (χ0v) is 17.0. The summed E-state index contributed by atoms with van der Waals surface area (Å²) in [5.74, 6) is 0.872. The molecule has 4 rings (SSSR count). The van der Waals surface area contributed by atoms with Gasteiger partial charge in [-0.15, -0.1) is 0 Å². The first-order valence-corrected chi connectivity index (χ1v) is 11.1. The Morgan fingerprint density at radius 1 is 1.15 bits per heavy atom. The van der Waals surface area contributed by atoms with E-state index >= 15 is 0 Å². The maximum Gasteiger partial charge on any atom is 0.226 e. The Kier molecular flexibility index (Phi) is 5.55. The van der Waals surface area contributed by atoms with Gasteiger partial charge in [0.25, 0.3) is 0 Å². The lowest BCUT2D eigenvalue weighted by Gasteiger charge is -2.33. The summed E-state index contributed by atoms with van der Waals surface area (Å²) in [7, 11) is 0. The van der Waals surface area contributed by atoms with Crippen LogP contribution in [0, 0.1) is 12.8 Å². The number of carbonyl (C=O) groups excluding carboxylic acids is 1. The molecule has 1 N–H and O–H groups in total. The van der Waals surface area contributed by atoms with E-state index in [0.717, 1.165) is 32.4 Å². The Hall–Kier alpha value is -1.78. The van der Waals surface area contributed by atoms with E-state index < -0.39 is 0 Å². The molecule has 1 amide bonds. The van der Waals surface area contributed by atoms with Crippen molar-refractivity contribution >= 4 is 17.9 Å². The molecule has 0 bridgehead atoms. The topological polar surface area (TPSA) is 32.3 Å². The average Bonchev–Trinajstić information content (AvgIpc) is 3.49. The first-order chi connectivity index (χ1) is 13.2. The maximum absolute atomic E-state index is 13.1. The Labute approximate surface area is 166 Å². The summed E-state index contributed by atoms with van der Waals surface area (Å²) < 4.78 is 3.43. The molecule has 0 aromatic heterocycles. The van der Waals surface area contributed by atoms with Crippen molar-refractivity contribution in [3.8, 4) is 11.1 Å². The van der Waals surface area contributed by atoms with Crippen LogP contribution in [0.1, 0.15) is 36.3 Å². The quantitative estimate of drug-likeness (QED) is 0.768. The molecular formula is C23H28N2OS. The fourth-order valence-electron chi connectivity index (χ4n) is 4.48.